The first kappa shape index (κ1) is 31.1. The van der Waals surface area contributed by atoms with Crippen molar-refractivity contribution in [1.82, 2.24) is 29.7 Å². The maximum atomic E-state index is 14.6. The average molecular weight is 654 g/mol. The van der Waals surface area contributed by atoms with Crippen LogP contribution in [-0.2, 0) is 17.6 Å². The minimum absolute atomic E-state index is 0.0170. The molecule has 0 radical (unpaired) electrons. The number of amides is 3. The number of halogens is 1. The molecule has 3 N–H and O–H groups in total. The number of carbonyl (C=O) groups is 2. The van der Waals surface area contributed by atoms with Gasteiger partial charge in [-0.05, 0) is 86.8 Å². The molecule has 1 saturated heterocycles. The molecule has 0 bridgehead atoms. The molecule has 0 saturated carbocycles. The molecule has 11 heteroatoms. The highest BCUT2D eigenvalue weighted by Gasteiger charge is 2.35. The number of nitrogens with zero attached hydrogens (tertiary/aromatic N) is 4. The number of anilines is 1. The van der Waals surface area contributed by atoms with Gasteiger partial charge in [0, 0.05) is 66.5 Å². The highest BCUT2D eigenvalue weighted by atomic mass is 35.5. The Hall–Kier alpha value is -4.54. The van der Waals surface area contributed by atoms with Crippen molar-refractivity contribution in [3.63, 3.8) is 0 Å². The Morgan fingerprint density at radius 1 is 1.02 bits per heavy atom. The van der Waals surface area contributed by atoms with Crippen molar-refractivity contribution in [2.75, 3.05) is 45.2 Å². The van der Waals surface area contributed by atoms with Crippen molar-refractivity contribution in [1.29, 1.82) is 0 Å². The normalized spacial score (nSPS) is 17.7. The van der Waals surface area contributed by atoms with Crippen LogP contribution < -0.4 is 15.9 Å². The van der Waals surface area contributed by atoms with Crippen LogP contribution in [0, 0.1) is 5.92 Å². The van der Waals surface area contributed by atoms with Gasteiger partial charge in [0.2, 0.25) is 5.91 Å². The summed E-state index contributed by atoms with van der Waals surface area (Å²) in [5.41, 5.74) is 5.39. The molecule has 3 amide bonds. The number of hydrogen-bond acceptors (Lipinski definition) is 4. The third-order valence-electron chi connectivity index (χ3n) is 9.61. The number of carbonyl (C=O) groups excluding carboxylic acids is 2. The lowest BCUT2D eigenvalue weighted by Gasteiger charge is -2.38. The van der Waals surface area contributed by atoms with Crippen LogP contribution in [0.15, 0.2) is 77.7 Å². The summed E-state index contributed by atoms with van der Waals surface area (Å²) in [6.45, 7) is 2.33. The number of para-hydroxylation sites is 3. The van der Waals surface area contributed by atoms with Crippen LogP contribution in [0.25, 0.3) is 21.9 Å². The smallest absolute Gasteiger partial charge is 0.326 e. The molecular weight excluding hydrogens is 614 g/mol. The number of rotatable bonds is 7. The van der Waals surface area contributed by atoms with Crippen LogP contribution in [-0.4, -0.2) is 82.6 Å². The summed E-state index contributed by atoms with van der Waals surface area (Å²) < 4.78 is 1.82. The lowest BCUT2D eigenvalue weighted by Crippen LogP contribution is -2.56. The Labute approximate surface area is 278 Å². The second-order valence-electron chi connectivity index (χ2n) is 13.2. The van der Waals surface area contributed by atoms with Gasteiger partial charge < -0.3 is 30.0 Å². The van der Waals surface area contributed by atoms with Gasteiger partial charge in [0.05, 0.1) is 11.0 Å². The molecule has 0 aliphatic carbocycles. The number of imidazole rings is 1. The van der Waals surface area contributed by atoms with Crippen LogP contribution in [0.1, 0.15) is 30.0 Å². The largest absolute Gasteiger partial charge is 0.361 e. The standard InChI is InChI=1S/C36H40ClN7O3/c1-41(2)21-23-17-24-18-26(37)11-12-32(24)43(22-23)34(45)31(19-25-20-38-29-8-4-3-7-28(25)29)40-35(46)42-15-13-27(14-16-42)44-33-10-6-5-9-30(33)39-36(44)47/h3-12,18,20,23,27,31,38H,13-17,19,21-22H2,1-2H3,(H,39,47)(H,40,46)/t23-,31-/m1/s1. The number of aromatic amines is 2. The van der Waals surface area contributed by atoms with E-state index in [1.807, 2.05) is 96.5 Å². The summed E-state index contributed by atoms with van der Waals surface area (Å²) >= 11 is 6.40. The van der Waals surface area contributed by atoms with E-state index in [9.17, 15) is 14.4 Å². The van der Waals surface area contributed by atoms with E-state index in [1.165, 1.54) is 0 Å². The van der Waals surface area contributed by atoms with E-state index < -0.39 is 6.04 Å². The molecule has 5 aromatic rings. The monoisotopic (exact) mass is 653 g/mol. The fourth-order valence-electron chi connectivity index (χ4n) is 7.47. The molecule has 244 valence electrons. The van der Waals surface area contributed by atoms with Gasteiger partial charge in [-0.25, -0.2) is 9.59 Å². The Bertz CT molecular complexity index is 1990. The first-order valence-electron chi connectivity index (χ1n) is 16.3. The van der Waals surface area contributed by atoms with Gasteiger partial charge in [-0.3, -0.25) is 9.36 Å². The van der Waals surface area contributed by atoms with Crippen molar-refractivity contribution < 1.29 is 9.59 Å². The van der Waals surface area contributed by atoms with Crippen molar-refractivity contribution in [2.45, 2.75) is 37.8 Å². The lowest BCUT2D eigenvalue weighted by molar-refractivity contribution is -0.120. The predicted octanol–water partition coefficient (Wildman–Crippen LogP) is 5.19. The molecule has 4 heterocycles. The fraction of sp³-hybridized carbons (Fsp3) is 0.361. The van der Waals surface area contributed by atoms with Crippen LogP contribution in [0.5, 0.6) is 0 Å². The maximum absolute atomic E-state index is 14.6. The van der Waals surface area contributed by atoms with Gasteiger partial charge in [0.15, 0.2) is 0 Å². The minimum Gasteiger partial charge on any atom is -0.361 e. The number of nitrogens with one attached hydrogen (secondary N) is 3. The number of fused-ring (bicyclic) bond motifs is 3. The number of aromatic nitrogens is 3. The number of hydrogen-bond donors (Lipinski definition) is 3. The predicted molar refractivity (Wildman–Crippen MR) is 186 cm³/mol. The van der Waals surface area contributed by atoms with Crippen molar-refractivity contribution in [2.24, 2.45) is 5.92 Å². The van der Waals surface area contributed by atoms with E-state index in [0.29, 0.717) is 43.9 Å². The van der Waals surface area contributed by atoms with Crippen LogP contribution in [0.4, 0.5) is 10.5 Å². The zero-order valence-corrected chi connectivity index (χ0v) is 27.5. The molecule has 0 spiro atoms. The van der Waals surface area contributed by atoms with Gasteiger partial charge in [-0.15, -0.1) is 0 Å². The van der Waals surface area contributed by atoms with E-state index in [0.717, 1.165) is 51.7 Å². The van der Waals surface area contributed by atoms with Gasteiger partial charge >= 0.3 is 11.7 Å². The zero-order valence-electron chi connectivity index (χ0n) is 26.7. The van der Waals surface area contributed by atoms with Gasteiger partial charge in [0.1, 0.15) is 6.04 Å². The molecule has 3 aromatic carbocycles. The SMILES string of the molecule is CN(C)C[C@H]1Cc2cc(Cl)ccc2N(C(=O)[C@@H](Cc2c[nH]c3ccccc23)NC(=O)N2CCC(n3c(=O)[nH]c4ccccc43)CC2)C1. The van der Waals surface area contributed by atoms with Crippen molar-refractivity contribution in [3.8, 4) is 0 Å². The Morgan fingerprint density at radius 2 is 1.77 bits per heavy atom. The highest BCUT2D eigenvalue weighted by Crippen LogP contribution is 2.33. The van der Waals surface area contributed by atoms with Crippen LogP contribution >= 0.6 is 11.6 Å². The minimum atomic E-state index is -0.794. The molecule has 2 aliphatic rings. The van der Waals surface area contributed by atoms with Crippen LogP contribution in [0.3, 0.4) is 0 Å². The van der Waals surface area contributed by atoms with Gasteiger partial charge in [-0.1, -0.05) is 41.9 Å². The van der Waals surface area contributed by atoms with E-state index in [-0.39, 0.29) is 29.6 Å². The summed E-state index contributed by atoms with van der Waals surface area (Å²) in [7, 11) is 4.08. The van der Waals surface area contributed by atoms with E-state index in [2.05, 4.69) is 20.2 Å². The summed E-state index contributed by atoms with van der Waals surface area (Å²) in [4.78, 5) is 53.4. The highest BCUT2D eigenvalue weighted by molar-refractivity contribution is 6.30. The number of H-pyrrole nitrogens is 2. The molecule has 47 heavy (non-hydrogen) atoms. The van der Waals surface area contributed by atoms with Crippen molar-refractivity contribution >= 4 is 51.2 Å². The molecule has 2 atom stereocenters. The molecule has 0 unspecified atom stereocenters. The Balaban J connectivity index is 1.14. The maximum Gasteiger partial charge on any atom is 0.326 e. The van der Waals surface area contributed by atoms with Gasteiger partial charge in [-0.2, -0.15) is 0 Å². The topological polar surface area (TPSA) is 109 Å². The van der Waals surface area contributed by atoms with Crippen molar-refractivity contribution in [3.05, 3.63) is 99.6 Å². The first-order valence-corrected chi connectivity index (χ1v) is 16.7. The fourth-order valence-corrected chi connectivity index (χ4v) is 7.67. The van der Waals surface area contributed by atoms with Crippen LogP contribution in [0.2, 0.25) is 5.02 Å². The number of urea groups is 1. The summed E-state index contributed by atoms with van der Waals surface area (Å²) in [5, 5.41) is 4.82. The second kappa shape index (κ2) is 12.9. The zero-order chi connectivity index (χ0) is 32.7. The van der Waals surface area contributed by atoms with Gasteiger partial charge in [0.25, 0.3) is 0 Å². The second-order valence-corrected chi connectivity index (χ2v) is 13.6. The number of likely N-dealkylation sites (tertiary alicyclic amines) is 1. The third-order valence-corrected chi connectivity index (χ3v) is 9.84. The van der Waals surface area contributed by atoms with E-state index in [1.54, 1.807) is 4.90 Å². The summed E-state index contributed by atoms with van der Waals surface area (Å²) in [5.74, 6) is 0.0761. The first-order chi connectivity index (χ1) is 22.7. The third kappa shape index (κ3) is 6.27. The molecule has 10 nitrogen and oxygen atoms in total. The Morgan fingerprint density at radius 3 is 2.55 bits per heavy atom. The quantitative estimate of drug-likeness (QED) is 0.225. The number of piperidine rings is 1. The molecule has 1 fully saturated rings. The van der Waals surface area contributed by atoms with E-state index in [4.69, 9.17) is 11.6 Å². The molecular formula is C36H40ClN7O3. The van der Waals surface area contributed by atoms with E-state index >= 15 is 0 Å². The summed E-state index contributed by atoms with van der Waals surface area (Å²) in [6.07, 6.45) is 4.38. The summed E-state index contributed by atoms with van der Waals surface area (Å²) in [6, 6.07) is 20.3. The molecule has 2 aromatic heterocycles. The average Bonchev–Trinajstić information content (AvgIpc) is 3.63. The lowest BCUT2D eigenvalue weighted by atomic mass is 9.91. The Kier molecular flexibility index (Phi) is 8.55. The molecule has 2 aliphatic heterocycles. The molecule has 7 rings (SSSR count). The number of benzene rings is 3.